The molecule has 1 aromatic carbocycles. The van der Waals surface area contributed by atoms with Crippen LogP contribution in [0, 0.1) is 5.92 Å². The van der Waals surface area contributed by atoms with Gasteiger partial charge in [0.15, 0.2) is 0 Å². The molecule has 2 nitrogen and oxygen atoms in total. The van der Waals surface area contributed by atoms with E-state index >= 15 is 0 Å². The summed E-state index contributed by atoms with van der Waals surface area (Å²) in [4.78, 5) is 4.64. The first-order valence-electron chi connectivity index (χ1n) is 7.94. The molecule has 1 N–H and O–H groups in total. The number of fused-ring (bicyclic) bond motifs is 1. The summed E-state index contributed by atoms with van der Waals surface area (Å²) >= 11 is 0. The third-order valence-electron chi connectivity index (χ3n) is 4.56. The van der Waals surface area contributed by atoms with Gasteiger partial charge in [-0.3, -0.25) is 4.98 Å². The zero-order valence-electron chi connectivity index (χ0n) is 12.3. The van der Waals surface area contributed by atoms with Gasteiger partial charge in [-0.2, -0.15) is 0 Å². The van der Waals surface area contributed by atoms with Crippen molar-refractivity contribution in [3.63, 3.8) is 0 Å². The van der Waals surface area contributed by atoms with E-state index in [1.165, 1.54) is 42.1 Å². The highest BCUT2D eigenvalue weighted by Crippen LogP contribution is 2.41. The average molecular weight is 268 g/mol. The Bertz CT molecular complexity index is 559. The van der Waals surface area contributed by atoms with Crippen LogP contribution >= 0.6 is 0 Å². The van der Waals surface area contributed by atoms with Crippen LogP contribution in [0.25, 0.3) is 10.9 Å². The predicted molar refractivity (Wildman–Crippen MR) is 85.0 cm³/mol. The number of hydrogen-bond donors (Lipinski definition) is 1. The molecule has 2 unspecified atom stereocenters. The molecular formula is C18H24N2. The molecule has 1 aliphatic carbocycles. The quantitative estimate of drug-likeness (QED) is 0.825. The molecule has 1 fully saturated rings. The van der Waals surface area contributed by atoms with Gasteiger partial charge in [0.2, 0.25) is 0 Å². The fraction of sp³-hybridized carbons (Fsp3) is 0.500. The van der Waals surface area contributed by atoms with E-state index in [2.05, 4.69) is 41.5 Å². The number of para-hydroxylation sites is 1. The lowest BCUT2D eigenvalue weighted by Gasteiger charge is -2.21. The SMILES string of the molecule is CCCNCC1CCCC1c1cccc2cccnc12. The molecule has 0 radical (unpaired) electrons. The van der Waals surface area contributed by atoms with Crippen molar-refractivity contribution < 1.29 is 0 Å². The zero-order chi connectivity index (χ0) is 13.8. The van der Waals surface area contributed by atoms with Crippen molar-refractivity contribution in [2.24, 2.45) is 5.92 Å². The van der Waals surface area contributed by atoms with Crippen molar-refractivity contribution in [2.75, 3.05) is 13.1 Å². The van der Waals surface area contributed by atoms with Crippen molar-refractivity contribution in [3.05, 3.63) is 42.1 Å². The van der Waals surface area contributed by atoms with Gasteiger partial charge in [-0.15, -0.1) is 0 Å². The third-order valence-corrected chi connectivity index (χ3v) is 4.56. The van der Waals surface area contributed by atoms with Crippen molar-refractivity contribution in [2.45, 2.75) is 38.5 Å². The van der Waals surface area contributed by atoms with Gasteiger partial charge in [-0.25, -0.2) is 0 Å². The van der Waals surface area contributed by atoms with Gasteiger partial charge in [0.1, 0.15) is 0 Å². The Morgan fingerprint density at radius 1 is 1.20 bits per heavy atom. The maximum atomic E-state index is 4.64. The van der Waals surface area contributed by atoms with E-state index in [-0.39, 0.29) is 0 Å². The molecule has 2 aromatic rings. The van der Waals surface area contributed by atoms with Gasteiger partial charge >= 0.3 is 0 Å². The number of hydrogen-bond acceptors (Lipinski definition) is 2. The summed E-state index contributed by atoms with van der Waals surface area (Å²) in [7, 11) is 0. The average Bonchev–Trinajstić information content (AvgIpc) is 2.95. The second kappa shape index (κ2) is 6.36. The lowest BCUT2D eigenvalue weighted by Crippen LogP contribution is -2.25. The molecule has 106 valence electrons. The first-order valence-corrected chi connectivity index (χ1v) is 7.94. The van der Waals surface area contributed by atoms with Gasteiger partial charge in [0.25, 0.3) is 0 Å². The Morgan fingerprint density at radius 3 is 3.00 bits per heavy atom. The molecule has 2 atom stereocenters. The van der Waals surface area contributed by atoms with Crippen LogP contribution in [0.15, 0.2) is 36.5 Å². The summed E-state index contributed by atoms with van der Waals surface area (Å²) in [6.07, 6.45) is 7.16. The molecule has 1 saturated carbocycles. The van der Waals surface area contributed by atoms with E-state index in [1.807, 2.05) is 12.3 Å². The minimum absolute atomic E-state index is 0.679. The molecule has 1 aliphatic rings. The fourth-order valence-corrected chi connectivity index (χ4v) is 3.58. The molecule has 0 saturated heterocycles. The summed E-state index contributed by atoms with van der Waals surface area (Å²) in [5.41, 5.74) is 2.67. The van der Waals surface area contributed by atoms with Crippen molar-refractivity contribution in [3.8, 4) is 0 Å². The molecule has 20 heavy (non-hydrogen) atoms. The topological polar surface area (TPSA) is 24.9 Å². The maximum absolute atomic E-state index is 4.64. The summed E-state index contributed by atoms with van der Waals surface area (Å²) in [6, 6.07) is 10.9. The van der Waals surface area contributed by atoms with E-state index in [1.54, 1.807) is 0 Å². The Balaban J connectivity index is 1.86. The summed E-state index contributed by atoms with van der Waals surface area (Å²) < 4.78 is 0. The van der Waals surface area contributed by atoms with Crippen molar-refractivity contribution in [1.29, 1.82) is 0 Å². The molecule has 0 aliphatic heterocycles. The van der Waals surface area contributed by atoms with Gasteiger partial charge in [-0.05, 0) is 55.8 Å². The van der Waals surface area contributed by atoms with Gasteiger partial charge in [-0.1, -0.05) is 37.6 Å². The van der Waals surface area contributed by atoms with Gasteiger partial charge in [0.05, 0.1) is 5.52 Å². The smallest absolute Gasteiger partial charge is 0.0736 e. The summed E-state index contributed by atoms with van der Waals surface area (Å²) in [5, 5.41) is 4.88. The number of nitrogens with zero attached hydrogens (tertiary/aromatic N) is 1. The van der Waals surface area contributed by atoms with Gasteiger partial charge < -0.3 is 5.32 Å². The number of aromatic nitrogens is 1. The maximum Gasteiger partial charge on any atom is 0.0736 e. The first kappa shape index (κ1) is 13.6. The summed E-state index contributed by atoms with van der Waals surface area (Å²) in [5.74, 6) is 1.45. The second-order valence-electron chi connectivity index (χ2n) is 5.92. The standard InChI is InChI=1S/C18H24N2/c1-2-11-19-13-15-7-4-9-16(15)17-10-3-6-14-8-5-12-20-18(14)17/h3,5-6,8,10,12,15-16,19H,2,4,7,9,11,13H2,1H3. The number of nitrogens with one attached hydrogen (secondary N) is 1. The van der Waals surface area contributed by atoms with Crippen LogP contribution in [0.4, 0.5) is 0 Å². The van der Waals surface area contributed by atoms with Crippen LogP contribution in [-0.4, -0.2) is 18.1 Å². The van der Waals surface area contributed by atoms with Crippen molar-refractivity contribution in [1.82, 2.24) is 10.3 Å². The minimum atomic E-state index is 0.679. The molecule has 0 bridgehead atoms. The third kappa shape index (κ3) is 2.71. The van der Waals surface area contributed by atoms with Crippen LogP contribution in [0.2, 0.25) is 0 Å². The van der Waals surface area contributed by atoms with E-state index in [9.17, 15) is 0 Å². The van der Waals surface area contributed by atoms with E-state index in [4.69, 9.17) is 0 Å². The van der Waals surface area contributed by atoms with E-state index in [0.717, 1.165) is 19.0 Å². The molecule has 0 amide bonds. The zero-order valence-corrected chi connectivity index (χ0v) is 12.3. The molecule has 1 heterocycles. The molecule has 1 aromatic heterocycles. The highest BCUT2D eigenvalue weighted by molar-refractivity contribution is 5.82. The van der Waals surface area contributed by atoms with Crippen LogP contribution in [0.3, 0.4) is 0 Å². The second-order valence-corrected chi connectivity index (χ2v) is 5.92. The van der Waals surface area contributed by atoms with Crippen LogP contribution in [-0.2, 0) is 0 Å². The molecule has 2 heteroatoms. The molecule has 0 spiro atoms. The minimum Gasteiger partial charge on any atom is -0.316 e. The van der Waals surface area contributed by atoms with Crippen LogP contribution in [0.1, 0.15) is 44.1 Å². The highest BCUT2D eigenvalue weighted by atomic mass is 14.9. The van der Waals surface area contributed by atoms with Crippen LogP contribution < -0.4 is 5.32 Å². The first-order chi connectivity index (χ1) is 9.90. The molecular weight excluding hydrogens is 244 g/mol. The van der Waals surface area contributed by atoms with E-state index < -0.39 is 0 Å². The van der Waals surface area contributed by atoms with Crippen LogP contribution in [0.5, 0.6) is 0 Å². The Labute approximate surface area is 121 Å². The Hall–Kier alpha value is -1.41. The number of pyridine rings is 1. The lowest BCUT2D eigenvalue weighted by molar-refractivity contribution is 0.446. The largest absolute Gasteiger partial charge is 0.316 e. The Morgan fingerprint density at radius 2 is 2.10 bits per heavy atom. The van der Waals surface area contributed by atoms with Gasteiger partial charge in [0, 0.05) is 11.6 Å². The van der Waals surface area contributed by atoms with E-state index in [0.29, 0.717) is 5.92 Å². The monoisotopic (exact) mass is 268 g/mol. The normalized spacial score (nSPS) is 22.4. The fourth-order valence-electron chi connectivity index (χ4n) is 3.58. The number of rotatable bonds is 5. The summed E-state index contributed by atoms with van der Waals surface area (Å²) in [6.45, 7) is 4.52. The highest BCUT2D eigenvalue weighted by Gasteiger charge is 2.29. The molecule has 3 rings (SSSR count). The van der Waals surface area contributed by atoms with Crippen molar-refractivity contribution >= 4 is 10.9 Å². The number of benzene rings is 1. The Kier molecular flexibility index (Phi) is 4.31. The predicted octanol–water partition coefficient (Wildman–Crippen LogP) is 4.12. The lowest BCUT2D eigenvalue weighted by atomic mass is 9.87.